The number of ether oxygens (including phenoxy) is 1. The van der Waals surface area contributed by atoms with Crippen molar-refractivity contribution in [3.8, 4) is 18.1 Å². The van der Waals surface area contributed by atoms with E-state index >= 15 is 0 Å². The van der Waals surface area contributed by atoms with Gasteiger partial charge in [-0.1, -0.05) is 24.1 Å². The molecule has 1 N–H and O–H groups in total. The van der Waals surface area contributed by atoms with Crippen molar-refractivity contribution in [3.05, 3.63) is 29.8 Å². The second-order valence-electron chi connectivity index (χ2n) is 5.15. The van der Waals surface area contributed by atoms with Crippen LogP contribution in [0, 0.1) is 12.3 Å². The highest BCUT2D eigenvalue weighted by Crippen LogP contribution is 2.17. The normalized spacial score (nSPS) is 14.5. The van der Waals surface area contributed by atoms with E-state index in [1.165, 1.54) is 6.42 Å². The summed E-state index contributed by atoms with van der Waals surface area (Å²) in [6.07, 6.45) is 8.68. The molecule has 21 heavy (non-hydrogen) atoms. The van der Waals surface area contributed by atoms with Crippen LogP contribution in [0.3, 0.4) is 0 Å². The third kappa shape index (κ3) is 4.80. The molecule has 0 radical (unpaired) electrons. The van der Waals surface area contributed by atoms with Crippen LogP contribution >= 0.6 is 0 Å². The number of rotatable bonds is 6. The molecule has 1 aliphatic rings. The number of nitrogens with one attached hydrogen (secondary N) is 1. The standard InChI is InChI=1S/C17H22N2O2/c1-2-12-21-16-9-5-4-8-15(16)13-18-14-17(20)19-10-6-3-7-11-19/h1,4-5,8-9,18H,3,6-7,10-14H2. The van der Waals surface area contributed by atoms with Gasteiger partial charge < -0.3 is 15.0 Å². The predicted octanol–water partition coefficient (Wildman–Crippen LogP) is 1.80. The van der Waals surface area contributed by atoms with Gasteiger partial charge in [-0.05, 0) is 25.3 Å². The molecule has 1 heterocycles. The minimum absolute atomic E-state index is 0.178. The molecular weight excluding hydrogens is 264 g/mol. The van der Waals surface area contributed by atoms with Gasteiger partial charge in [0.1, 0.15) is 12.4 Å². The fourth-order valence-electron chi connectivity index (χ4n) is 2.47. The molecule has 4 heteroatoms. The Bertz CT molecular complexity index is 502. The van der Waals surface area contributed by atoms with E-state index in [0.29, 0.717) is 13.1 Å². The van der Waals surface area contributed by atoms with Gasteiger partial charge in [0.15, 0.2) is 0 Å². The number of carbonyl (C=O) groups excluding carboxylic acids is 1. The maximum absolute atomic E-state index is 12.1. The lowest BCUT2D eigenvalue weighted by molar-refractivity contribution is -0.131. The summed E-state index contributed by atoms with van der Waals surface area (Å²) >= 11 is 0. The summed E-state index contributed by atoms with van der Waals surface area (Å²) in [5, 5.41) is 3.19. The minimum Gasteiger partial charge on any atom is -0.481 e. The van der Waals surface area contributed by atoms with E-state index in [1.807, 2.05) is 29.2 Å². The van der Waals surface area contributed by atoms with Crippen molar-refractivity contribution >= 4 is 5.91 Å². The highest BCUT2D eigenvalue weighted by atomic mass is 16.5. The zero-order valence-corrected chi connectivity index (χ0v) is 12.3. The van der Waals surface area contributed by atoms with Crippen molar-refractivity contribution in [2.45, 2.75) is 25.8 Å². The second-order valence-corrected chi connectivity index (χ2v) is 5.15. The predicted molar refractivity (Wildman–Crippen MR) is 82.9 cm³/mol. The summed E-state index contributed by atoms with van der Waals surface area (Å²) in [6.45, 7) is 3.00. The Balaban J connectivity index is 1.80. The van der Waals surface area contributed by atoms with Crippen LogP contribution in [0.1, 0.15) is 24.8 Å². The van der Waals surface area contributed by atoms with Gasteiger partial charge in [0.2, 0.25) is 5.91 Å². The average Bonchev–Trinajstić information content (AvgIpc) is 2.54. The van der Waals surface area contributed by atoms with Crippen LogP contribution in [0.5, 0.6) is 5.75 Å². The molecule has 0 aromatic heterocycles. The molecule has 1 amide bonds. The van der Waals surface area contributed by atoms with Gasteiger partial charge in [0, 0.05) is 25.2 Å². The molecule has 0 unspecified atom stereocenters. The van der Waals surface area contributed by atoms with E-state index in [2.05, 4.69) is 11.2 Å². The number of hydrogen-bond acceptors (Lipinski definition) is 3. The van der Waals surface area contributed by atoms with Gasteiger partial charge >= 0.3 is 0 Å². The lowest BCUT2D eigenvalue weighted by Gasteiger charge is -2.26. The van der Waals surface area contributed by atoms with E-state index in [9.17, 15) is 4.79 Å². The van der Waals surface area contributed by atoms with E-state index < -0.39 is 0 Å². The molecule has 0 atom stereocenters. The number of carbonyl (C=O) groups is 1. The van der Waals surface area contributed by atoms with Crippen LogP contribution in [-0.2, 0) is 11.3 Å². The molecule has 0 spiro atoms. The van der Waals surface area contributed by atoms with E-state index in [4.69, 9.17) is 11.2 Å². The highest BCUT2D eigenvalue weighted by Gasteiger charge is 2.15. The lowest BCUT2D eigenvalue weighted by atomic mass is 10.1. The Morgan fingerprint density at radius 1 is 1.29 bits per heavy atom. The van der Waals surface area contributed by atoms with Gasteiger partial charge in [0.05, 0.1) is 6.54 Å². The van der Waals surface area contributed by atoms with Gasteiger partial charge in [-0.25, -0.2) is 0 Å². The Hall–Kier alpha value is -1.99. The number of likely N-dealkylation sites (tertiary alicyclic amines) is 1. The maximum Gasteiger partial charge on any atom is 0.236 e. The molecule has 0 saturated carbocycles. The molecule has 1 saturated heterocycles. The molecular formula is C17H22N2O2. The zero-order valence-electron chi connectivity index (χ0n) is 12.3. The molecule has 1 aromatic carbocycles. The van der Waals surface area contributed by atoms with Crippen molar-refractivity contribution in [3.63, 3.8) is 0 Å². The topological polar surface area (TPSA) is 41.6 Å². The minimum atomic E-state index is 0.178. The number of terminal acetylenes is 1. The molecule has 1 aromatic rings. The van der Waals surface area contributed by atoms with Crippen LogP contribution in [0.4, 0.5) is 0 Å². The fraction of sp³-hybridized carbons (Fsp3) is 0.471. The van der Waals surface area contributed by atoms with Crippen LogP contribution < -0.4 is 10.1 Å². The molecule has 1 aliphatic heterocycles. The van der Waals surface area contributed by atoms with Crippen molar-refractivity contribution in [2.75, 3.05) is 26.2 Å². The van der Waals surface area contributed by atoms with E-state index in [0.717, 1.165) is 37.2 Å². The number of nitrogens with zero attached hydrogens (tertiary/aromatic N) is 1. The van der Waals surface area contributed by atoms with Crippen molar-refractivity contribution in [2.24, 2.45) is 0 Å². The van der Waals surface area contributed by atoms with Gasteiger partial charge in [-0.15, -0.1) is 6.42 Å². The smallest absolute Gasteiger partial charge is 0.236 e. The Morgan fingerprint density at radius 3 is 2.81 bits per heavy atom. The number of benzene rings is 1. The maximum atomic E-state index is 12.1. The molecule has 1 fully saturated rings. The summed E-state index contributed by atoms with van der Waals surface area (Å²) < 4.78 is 5.49. The number of piperidine rings is 1. The molecule has 0 aliphatic carbocycles. The Labute approximate surface area is 126 Å². The Morgan fingerprint density at radius 2 is 2.05 bits per heavy atom. The summed E-state index contributed by atoms with van der Waals surface area (Å²) in [6, 6.07) is 7.73. The Kier molecular flexibility index (Phi) is 6.11. The monoisotopic (exact) mass is 286 g/mol. The van der Waals surface area contributed by atoms with Gasteiger partial charge in [-0.2, -0.15) is 0 Å². The first kappa shape index (κ1) is 15.4. The van der Waals surface area contributed by atoms with Crippen LogP contribution in [-0.4, -0.2) is 37.0 Å². The number of para-hydroxylation sites is 1. The fourth-order valence-corrected chi connectivity index (χ4v) is 2.47. The molecule has 112 valence electrons. The summed E-state index contributed by atoms with van der Waals surface area (Å²) in [5.74, 6) is 3.41. The summed E-state index contributed by atoms with van der Waals surface area (Å²) in [7, 11) is 0. The van der Waals surface area contributed by atoms with Crippen molar-refractivity contribution in [1.82, 2.24) is 10.2 Å². The largest absolute Gasteiger partial charge is 0.481 e. The zero-order chi connectivity index (χ0) is 14.9. The van der Waals surface area contributed by atoms with Gasteiger partial charge in [0.25, 0.3) is 0 Å². The van der Waals surface area contributed by atoms with Crippen molar-refractivity contribution < 1.29 is 9.53 Å². The highest BCUT2D eigenvalue weighted by molar-refractivity contribution is 5.78. The number of hydrogen-bond donors (Lipinski definition) is 1. The summed E-state index contributed by atoms with van der Waals surface area (Å²) in [5.41, 5.74) is 1.01. The molecule has 2 rings (SSSR count). The first-order valence-corrected chi connectivity index (χ1v) is 7.44. The lowest BCUT2D eigenvalue weighted by Crippen LogP contribution is -2.40. The summed E-state index contributed by atoms with van der Waals surface area (Å²) in [4.78, 5) is 14.0. The quantitative estimate of drug-likeness (QED) is 0.811. The first-order chi connectivity index (χ1) is 10.3. The second kappa shape index (κ2) is 8.33. The third-order valence-corrected chi connectivity index (χ3v) is 3.58. The van der Waals surface area contributed by atoms with Crippen LogP contribution in [0.25, 0.3) is 0 Å². The average molecular weight is 286 g/mol. The van der Waals surface area contributed by atoms with E-state index in [-0.39, 0.29) is 12.5 Å². The molecule has 4 nitrogen and oxygen atoms in total. The van der Waals surface area contributed by atoms with E-state index in [1.54, 1.807) is 0 Å². The van der Waals surface area contributed by atoms with Crippen molar-refractivity contribution in [1.29, 1.82) is 0 Å². The molecule has 0 bridgehead atoms. The SMILES string of the molecule is C#CCOc1ccccc1CNCC(=O)N1CCCCC1. The number of amides is 1. The van der Waals surface area contributed by atoms with Crippen LogP contribution in [0.2, 0.25) is 0 Å². The first-order valence-electron chi connectivity index (χ1n) is 7.44. The van der Waals surface area contributed by atoms with Gasteiger partial charge in [-0.3, -0.25) is 4.79 Å². The van der Waals surface area contributed by atoms with Crippen LogP contribution in [0.15, 0.2) is 24.3 Å². The third-order valence-electron chi connectivity index (χ3n) is 3.58.